The van der Waals surface area contributed by atoms with Gasteiger partial charge in [-0.3, -0.25) is 14.6 Å². The highest BCUT2D eigenvalue weighted by Crippen LogP contribution is 2.32. The fourth-order valence-corrected chi connectivity index (χ4v) is 3.00. The number of benzene rings is 1. The molecule has 0 aliphatic carbocycles. The van der Waals surface area contributed by atoms with E-state index in [1.807, 2.05) is 12.1 Å². The molecule has 3 N–H and O–H groups in total. The van der Waals surface area contributed by atoms with Gasteiger partial charge in [-0.1, -0.05) is 6.92 Å². The molecular formula is C16H19N3O3. The van der Waals surface area contributed by atoms with E-state index in [1.54, 1.807) is 6.07 Å². The van der Waals surface area contributed by atoms with Crippen LogP contribution in [0.4, 0.5) is 11.4 Å². The summed E-state index contributed by atoms with van der Waals surface area (Å²) in [6.07, 6.45) is 2.15. The number of carboxylic acids is 1. The SMILES string of the molecule is CC1CN(c2ccc3c(c2)N=CC(C(=O)O)C3=O)CCC1N. The van der Waals surface area contributed by atoms with E-state index >= 15 is 0 Å². The Hall–Kier alpha value is -2.21. The van der Waals surface area contributed by atoms with Crippen molar-refractivity contribution in [2.24, 2.45) is 22.6 Å². The number of hydrogen-bond donors (Lipinski definition) is 2. The summed E-state index contributed by atoms with van der Waals surface area (Å²) in [7, 11) is 0. The van der Waals surface area contributed by atoms with Crippen molar-refractivity contribution in [1.29, 1.82) is 0 Å². The smallest absolute Gasteiger partial charge is 0.319 e. The Kier molecular flexibility index (Phi) is 3.70. The van der Waals surface area contributed by atoms with Crippen molar-refractivity contribution in [3.05, 3.63) is 23.8 Å². The van der Waals surface area contributed by atoms with Gasteiger partial charge in [-0.15, -0.1) is 0 Å². The Labute approximate surface area is 128 Å². The molecule has 0 radical (unpaired) electrons. The first-order valence-electron chi connectivity index (χ1n) is 7.43. The Morgan fingerprint density at radius 1 is 1.45 bits per heavy atom. The van der Waals surface area contributed by atoms with Gasteiger partial charge in [-0.25, -0.2) is 0 Å². The number of hydrogen-bond acceptors (Lipinski definition) is 5. The first-order valence-corrected chi connectivity index (χ1v) is 7.43. The van der Waals surface area contributed by atoms with Gasteiger partial charge in [0, 0.05) is 36.6 Å². The molecule has 22 heavy (non-hydrogen) atoms. The van der Waals surface area contributed by atoms with Gasteiger partial charge in [-0.2, -0.15) is 0 Å². The Bertz CT molecular complexity index is 656. The summed E-state index contributed by atoms with van der Waals surface area (Å²) in [6.45, 7) is 3.88. The minimum Gasteiger partial charge on any atom is -0.480 e. The lowest BCUT2D eigenvalue weighted by Gasteiger charge is -2.36. The zero-order chi connectivity index (χ0) is 15.9. The molecule has 0 spiro atoms. The van der Waals surface area contributed by atoms with Gasteiger partial charge >= 0.3 is 5.97 Å². The summed E-state index contributed by atoms with van der Waals surface area (Å²) in [4.78, 5) is 29.6. The molecule has 0 amide bonds. The molecule has 0 aromatic heterocycles. The number of rotatable bonds is 2. The molecule has 6 heteroatoms. The summed E-state index contributed by atoms with van der Waals surface area (Å²) < 4.78 is 0. The summed E-state index contributed by atoms with van der Waals surface area (Å²) in [5.74, 6) is -2.34. The predicted octanol–water partition coefficient (Wildman–Crippen LogP) is 1.46. The summed E-state index contributed by atoms with van der Waals surface area (Å²) in [5, 5.41) is 9.01. The van der Waals surface area contributed by atoms with Crippen LogP contribution in [0.3, 0.4) is 0 Å². The van der Waals surface area contributed by atoms with Crippen molar-refractivity contribution >= 4 is 29.3 Å². The second-order valence-electron chi connectivity index (χ2n) is 6.04. The maximum absolute atomic E-state index is 12.1. The van der Waals surface area contributed by atoms with Crippen LogP contribution < -0.4 is 10.6 Å². The van der Waals surface area contributed by atoms with Gasteiger partial charge in [0.25, 0.3) is 0 Å². The van der Waals surface area contributed by atoms with Crippen LogP contribution in [0.25, 0.3) is 0 Å². The lowest BCUT2D eigenvalue weighted by atomic mass is 9.92. The van der Waals surface area contributed by atoms with E-state index in [2.05, 4.69) is 16.8 Å². The van der Waals surface area contributed by atoms with E-state index in [4.69, 9.17) is 10.8 Å². The quantitative estimate of drug-likeness (QED) is 0.806. The maximum atomic E-state index is 12.1. The topological polar surface area (TPSA) is 96.0 Å². The summed E-state index contributed by atoms with van der Waals surface area (Å²) in [5.41, 5.74) is 7.96. The molecule has 3 rings (SSSR count). The van der Waals surface area contributed by atoms with Crippen molar-refractivity contribution in [2.45, 2.75) is 19.4 Å². The number of Topliss-reactive ketones (excluding diaryl/α,β-unsaturated/α-hetero) is 1. The van der Waals surface area contributed by atoms with Gasteiger partial charge in [0.05, 0.1) is 5.69 Å². The van der Waals surface area contributed by atoms with E-state index in [0.29, 0.717) is 17.2 Å². The van der Waals surface area contributed by atoms with Crippen LogP contribution in [0.15, 0.2) is 23.2 Å². The number of carbonyl (C=O) groups excluding carboxylic acids is 1. The average Bonchev–Trinajstić information content (AvgIpc) is 2.49. The van der Waals surface area contributed by atoms with Gasteiger partial charge in [0.2, 0.25) is 0 Å². The third-order valence-electron chi connectivity index (χ3n) is 4.49. The first kappa shape index (κ1) is 14.7. The number of carbonyl (C=O) groups is 2. The average molecular weight is 301 g/mol. The molecule has 1 aromatic rings. The van der Waals surface area contributed by atoms with Crippen LogP contribution in [0.1, 0.15) is 23.7 Å². The minimum atomic E-state index is -1.17. The van der Waals surface area contributed by atoms with Crippen molar-refractivity contribution in [1.82, 2.24) is 0 Å². The number of nitrogens with zero attached hydrogens (tertiary/aromatic N) is 2. The van der Waals surface area contributed by atoms with Crippen LogP contribution in [-0.2, 0) is 4.79 Å². The lowest BCUT2D eigenvalue weighted by Crippen LogP contribution is -2.46. The number of aliphatic carboxylic acids is 1. The molecule has 1 saturated heterocycles. The third kappa shape index (κ3) is 2.50. The van der Waals surface area contributed by atoms with Crippen LogP contribution in [-0.4, -0.2) is 42.2 Å². The van der Waals surface area contributed by atoms with Crippen molar-refractivity contribution in [3.63, 3.8) is 0 Å². The number of nitrogens with two attached hydrogens (primary N) is 1. The molecule has 0 saturated carbocycles. The molecule has 1 aromatic carbocycles. The van der Waals surface area contributed by atoms with Crippen LogP contribution in [0.5, 0.6) is 0 Å². The summed E-state index contributed by atoms with van der Waals surface area (Å²) >= 11 is 0. The number of fused-ring (bicyclic) bond motifs is 1. The van der Waals surface area contributed by atoms with E-state index in [-0.39, 0.29) is 6.04 Å². The Balaban J connectivity index is 1.87. The number of ketones is 1. The van der Waals surface area contributed by atoms with Crippen LogP contribution in [0.2, 0.25) is 0 Å². The van der Waals surface area contributed by atoms with Crippen molar-refractivity contribution in [3.8, 4) is 0 Å². The molecule has 2 heterocycles. The normalized spacial score (nSPS) is 27.6. The molecule has 116 valence electrons. The Morgan fingerprint density at radius 3 is 2.91 bits per heavy atom. The highest BCUT2D eigenvalue weighted by molar-refractivity contribution is 6.22. The second-order valence-corrected chi connectivity index (χ2v) is 6.04. The summed E-state index contributed by atoms with van der Waals surface area (Å²) in [6, 6.07) is 5.62. The van der Waals surface area contributed by atoms with E-state index in [0.717, 1.165) is 25.2 Å². The van der Waals surface area contributed by atoms with E-state index < -0.39 is 17.7 Å². The van der Waals surface area contributed by atoms with Gasteiger partial charge < -0.3 is 15.7 Å². The number of anilines is 1. The highest BCUT2D eigenvalue weighted by Gasteiger charge is 2.31. The largest absolute Gasteiger partial charge is 0.480 e. The van der Waals surface area contributed by atoms with Gasteiger partial charge in [0.1, 0.15) is 0 Å². The molecule has 0 bridgehead atoms. The molecule has 2 aliphatic rings. The maximum Gasteiger partial charge on any atom is 0.319 e. The van der Waals surface area contributed by atoms with Gasteiger partial charge in [-0.05, 0) is 30.5 Å². The highest BCUT2D eigenvalue weighted by atomic mass is 16.4. The molecule has 3 atom stereocenters. The van der Waals surface area contributed by atoms with E-state index in [1.165, 1.54) is 6.21 Å². The molecule has 2 aliphatic heterocycles. The van der Waals surface area contributed by atoms with Crippen LogP contribution in [0, 0.1) is 11.8 Å². The van der Waals surface area contributed by atoms with Crippen molar-refractivity contribution in [2.75, 3.05) is 18.0 Å². The number of aliphatic imine (C=N–C) groups is 1. The predicted molar refractivity (Wildman–Crippen MR) is 84.0 cm³/mol. The van der Waals surface area contributed by atoms with Gasteiger partial charge in [0.15, 0.2) is 11.7 Å². The fourth-order valence-electron chi connectivity index (χ4n) is 3.00. The lowest BCUT2D eigenvalue weighted by molar-refractivity contribution is -0.137. The molecular weight excluding hydrogens is 282 g/mol. The first-order chi connectivity index (χ1) is 10.5. The second kappa shape index (κ2) is 5.53. The standard InChI is InChI=1S/C16H19N3O3/c1-9-8-19(5-4-13(9)17)10-2-3-11-14(6-10)18-7-12(15(11)20)16(21)22/h2-3,6-7,9,12-13H,4-5,8,17H2,1H3,(H,21,22). The van der Waals surface area contributed by atoms with Crippen LogP contribution >= 0.6 is 0 Å². The Morgan fingerprint density at radius 2 is 2.23 bits per heavy atom. The molecule has 1 fully saturated rings. The third-order valence-corrected chi connectivity index (χ3v) is 4.49. The molecule has 3 unspecified atom stereocenters. The van der Waals surface area contributed by atoms with E-state index in [9.17, 15) is 9.59 Å². The monoisotopic (exact) mass is 301 g/mol. The molecule has 6 nitrogen and oxygen atoms in total. The zero-order valence-corrected chi connectivity index (χ0v) is 12.4. The van der Waals surface area contributed by atoms with Crippen molar-refractivity contribution < 1.29 is 14.7 Å². The zero-order valence-electron chi connectivity index (χ0n) is 12.4. The minimum absolute atomic E-state index is 0.227. The number of piperidine rings is 1. The fraction of sp³-hybridized carbons (Fsp3) is 0.438. The number of carboxylic acid groups (broad SMARTS) is 1.